The number of methoxy groups -OCH3 is 1. The number of carbonyl (C=O) groups is 1. The number of hydrogen-bond acceptors (Lipinski definition) is 3. The quantitative estimate of drug-likeness (QED) is 0.859. The first kappa shape index (κ1) is 11.9. The third-order valence-corrected chi connectivity index (χ3v) is 3.00. The Morgan fingerprint density at radius 3 is 2.88 bits per heavy atom. The Balaban J connectivity index is 2.31. The molecule has 1 aromatic carbocycles. The van der Waals surface area contributed by atoms with Gasteiger partial charge in [-0.05, 0) is 25.6 Å². The molecule has 2 rings (SSSR count). The normalized spacial score (nSPS) is 19.8. The molecule has 1 N–H and O–H groups in total. The van der Waals surface area contributed by atoms with Gasteiger partial charge in [0.1, 0.15) is 11.6 Å². The molecule has 1 aliphatic heterocycles. The Morgan fingerprint density at radius 2 is 2.29 bits per heavy atom. The molecule has 1 saturated heterocycles. The molecular formula is C12H15FN2O2. The van der Waals surface area contributed by atoms with Crippen molar-refractivity contribution in [1.82, 2.24) is 5.32 Å². The van der Waals surface area contributed by atoms with Gasteiger partial charge in [-0.15, -0.1) is 0 Å². The van der Waals surface area contributed by atoms with Gasteiger partial charge in [0, 0.05) is 12.6 Å². The number of anilines is 1. The number of nitrogens with zero attached hydrogens (tertiary/aromatic N) is 1. The van der Waals surface area contributed by atoms with Crippen molar-refractivity contribution in [3.05, 3.63) is 24.0 Å². The predicted octanol–water partition coefficient (Wildman–Crippen LogP) is 1.16. The van der Waals surface area contributed by atoms with E-state index < -0.39 is 5.82 Å². The lowest BCUT2D eigenvalue weighted by atomic mass is 10.2. The molecule has 1 heterocycles. The number of likely N-dealkylation sites (N-methyl/N-ethyl adjacent to an activating group) is 1. The van der Waals surface area contributed by atoms with Crippen molar-refractivity contribution >= 4 is 11.6 Å². The molecule has 1 aromatic rings. The van der Waals surface area contributed by atoms with E-state index in [-0.39, 0.29) is 17.6 Å². The van der Waals surface area contributed by atoms with E-state index in [9.17, 15) is 9.18 Å². The minimum absolute atomic E-state index is 0.0975. The highest BCUT2D eigenvalue weighted by atomic mass is 19.1. The van der Waals surface area contributed by atoms with Crippen LogP contribution in [-0.4, -0.2) is 32.7 Å². The van der Waals surface area contributed by atoms with Crippen molar-refractivity contribution < 1.29 is 13.9 Å². The molecule has 0 aromatic heterocycles. The summed E-state index contributed by atoms with van der Waals surface area (Å²) in [6.45, 7) is 0.522. The first-order valence-corrected chi connectivity index (χ1v) is 5.49. The average Bonchev–Trinajstić information content (AvgIpc) is 2.71. The molecule has 0 bridgehead atoms. The smallest absolute Gasteiger partial charge is 0.244 e. The average molecular weight is 238 g/mol. The first-order chi connectivity index (χ1) is 8.17. The molecule has 0 spiro atoms. The van der Waals surface area contributed by atoms with Crippen molar-refractivity contribution in [2.75, 3.05) is 25.6 Å². The summed E-state index contributed by atoms with van der Waals surface area (Å²) < 4.78 is 18.7. The molecule has 0 radical (unpaired) electrons. The van der Waals surface area contributed by atoms with Crippen LogP contribution in [0, 0.1) is 5.82 Å². The summed E-state index contributed by atoms with van der Waals surface area (Å²) >= 11 is 0. The zero-order chi connectivity index (χ0) is 12.4. The first-order valence-electron chi connectivity index (χ1n) is 5.49. The second kappa shape index (κ2) is 4.71. The Labute approximate surface area is 99.4 Å². The standard InChI is InChI=1S/C12H15FN2O2/c1-14-10-5-6-15(12(10)16)11-7-8(17-2)3-4-9(11)13/h3-4,7,10,14H,5-6H2,1-2H3. The van der Waals surface area contributed by atoms with E-state index in [0.29, 0.717) is 18.7 Å². The predicted molar refractivity (Wildman–Crippen MR) is 62.8 cm³/mol. The number of rotatable bonds is 3. The summed E-state index contributed by atoms with van der Waals surface area (Å²) in [7, 11) is 3.24. The van der Waals surface area contributed by atoms with E-state index >= 15 is 0 Å². The zero-order valence-corrected chi connectivity index (χ0v) is 9.87. The van der Waals surface area contributed by atoms with Gasteiger partial charge in [-0.1, -0.05) is 0 Å². The molecule has 17 heavy (non-hydrogen) atoms. The topological polar surface area (TPSA) is 41.6 Å². The number of hydrogen-bond donors (Lipinski definition) is 1. The van der Waals surface area contributed by atoms with Crippen LogP contribution in [0.3, 0.4) is 0 Å². The second-order valence-electron chi connectivity index (χ2n) is 3.94. The molecule has 1 unspecified atom stereocenters. The van der Waals surface area contributed by atoms with E-state index in [4.69, 9.17) is 4.74 Å². The number of nitrogens with one attached hydrogen (secondary N) is 1. The summed E-state index contributed by atoms with van der Waals surface area (Å²) in [4.78, 5) is 13.4. The minimum atomic E-state index is -0.407. The molecular weight excluding hydrogens is 223 g/mol. The highest BCUT2D eigenvalue weighted by Gasteiger charge is 2.32. The van der Waals surface area contributed by atoms with E-state index in [1.165, 1.54) is 24.1 Å². The van der Waals surface area contributed by atoms with Crippen LogP contribution in [0.15, 0.2) is 18.2 Å². The highest BCUT2D eigenvalue weighted by Crippen LogP contribution is 2.28. The third kappa shape index (κ3) is 2.10. The number of amides is 1. The lowest BCUT2D eigenvalue weighted by molar-refractivity contribution is -0.118. The molecule has 1 atom stereocenters. The van der Waals surface area contributed by atoms with Gasteiger partial charge in [0.25, 0.3) is 0 Å². The number of ether oxygens (including phenoxy) is 1. The summed E-state index contributed by atoms with van der Waals surface area (Å²) in [5.41, 5.74) is 0.284. The Morgan fingerprint density at radius 1 is 1.53 bits per heavy atom. The van der Waals surface area contributed by atoms with E-state index in [2.05, 4.69) is 5.32 Å². The van der Waals surface area contributed by atoms with Gasteiger partial charge in [0.15, 0.2) is 0 Å². The Kier molecular flexibility index (Phi) is 3.28. The molecule has 1 amide bonds. The maximum Gasteiger partial charge on any atom is 0.244 e. The van der Waals surface area contributed by atoms with Crippen molar-refractivity contribution in [3.63, 3.8) is 0 Å². The summed E-state index contributed by atoms with van der Waals surface area (Å²) in [5.74, 6) is 0.0395. The van der Waals surface area contributed by atoms with Gasteiger partial charge in [-0.25, -0.2) is 4.39 Å². The van der Waals surface area contributed by atoms with Gasteiger partial charge in [0.05, 0.1) is 18.8 Å². The zero-order valence-electron chi connectivity index (χ0n) is 9.87. The van der Waals surface area contributed by atoms with Crippen molar-refractivity contribution in [3.8, 4) is 5.75 Å². The van der Waals surface area contributed by atoms with Crippen molar-refractivity contribution in [2.45, 2.75) is 12.5 Å². The van der Waals surface area contributed by atoms with Crippen LogP contribution < -0.4 is 15.0 Å². The fourth-order valence-electron chi connectivity index (χ4n) is 2.01. The minimum Gasteiger partial charge on any atom is -0.497 e. The number of carbonyl (C=O) groups excluding carboxylic acids is 1. The van der Waals surface area contributed by atoms with Crippen molar-refractivity contribution in [2.24, 2.45) is 0 Å². The van der Waals surface area contributed by atoms with Crippen LogP contribution in [0.2, 0.25) is 0 Å². The molecule has 0 saturated carbocycles. The molecule has 1 fully saturated rings. The summed E-state index contributed by atoms with van der Waals surface area (Å²) in [6.07, 6.45) is 0.686. The summed E-state index contributed by atoms with van der Waals surface area (Å²) in [5, 5.41) is 2.92. The fourth-order valence-corrected chi connectivity index (χ4v) is 2.01. The summed E-state index contributed by atoms with van der Waals surface area (Å²) in [6, 6.07) is 4.18. The monoisotopic (exact) mass is 238 g/mol. The lowest BCUT2D eigenvalue weighted by Crippen LogP contribution is -2.36. The van der Waals surface area contributed by atoms with Crippen LogP contribution in [0.25, 0.3) is 0 Å². The van der Waals surface area contributed by atoms with Gasteiger partial charge in [0.2, 0.25) is 5.91 Å². The number of halogens is 1. The largest absolute Gasteiger partial charge is 0.497 e. The maximum absolute atomic E-state index is 13.7. The van der Waals surface area contributed by atoms with Gasteiger partial charge >= 0.3 is 0 Å². The maximum atomic E-state index is 13.7. The second-order valence-corrected chi connectivity index (χ2v) is 3.94. The third-order valence-electron chi connectivity index (χ3n) is 3.00. The van der Waals surface area contributed by atoms with Crippen LogP contribution in [0.1, 0.15) is 6.42 Å². The van der Waals surface area contributed by atoms with Crippen molar-refractivity contribution in [1.29, 1.82) is 0 Å². The molecule has 4 nitrogen and oxygen atoms in total. The molecule has 1 aliphatic rings. The van der Waals surface area contributed by atoms with Crippen LogP contribution >= 0.6 is 0 Å². The van der Waals surface area contributed by atoms with E-state index in [0.717, 1.165) is 0 Å². The molecule has 5 heteroatoms. The highest BCUT2D eigenvalue weighted by molar-refractivity contribution is 5.99. The van der Waals surface area contributed by atoms with E-state index in [1.54, 1.807) is 13.1 Å². The van der Waals surface area contributed by atoms with Crippen LogP contribution in [0.5, 0.6) is 5.75 Å². The van der Waals surface area contributed by atoms with Crippen LogP contribution in [-0.2, 0) is 4.79 Å². The van der Waals surface area contributed by atoms with Crippen LogP contribution in [0.4, 0.5) is 10.1 Å². The number of benzene rings is 1. The Bertz CT molecular complexity index is 437. The van der Waals surface area contributed by atoms with Gasteiger partial charge in [-0.2, -0.15) is 0 Å². The van der Waals surface area contributed by atoms with E-state index in [1.807, 2.05) is 0 Å². The SMILES string of the molecule is CNC1CCN(c2cc(OC)ccc2F)C1=O. The Hall–Kier alpha value is -1.62. The van der Waals surface area contributed by atoms with Gasteiger partial charge in [-0.3, -0.25) is 4.79 Å². The fraction of sp³-hybridized carbons (Fsp3) is 0.417. The lowest BCUT2D eigenvalue weighted by Gasteiger charge is -2.18. The molecule has 0 aliphatic carbocycles. The molecule has 92 valence electrons. The van der Waals surface area contributed by atoms with Gasteiger partial charge < -0.3 is 15.0 Å².